The van der Waals surface area contributed by atoms with Crippen molar-refractivity contribution >= 4 is 0 Å². The van der Waals surface area contributed by atoms with Gasteiger partial charge in [-0.1, -0.05) is 6.07 Å². The molecule has 0 saturated heterocycles. The highest BCUT2D eigenvalue weighted by Crippen LogP contribution is 2.46. The van der Waals surface area contributed by atoms with Crippen molar-refractivity contribution in [1.29, 1.82) is 0 Å². The lowest BCUT2D eigenvalue weighted by atomic mass is 10.1. The van der Waals surface area contributed by atoms with Gasteiger partial charge in [0.1, 0.15) is 0 Å². The number of pyridine rings is 1. The van der Waals surface area contributed by atoms with E-state index in [4.69, 9.17) is 4.74 Å². The molecule has 1 aliphatic rings. The zero-order valence-corrected chi connectivity index (χ0v) is 18.1. The number of rotatable bonds is 7. The Morgan fingerprint density at radius 3 is 2.59 bits per heavy atom. The summed E-state index contributed by atoms with van der Waals surface area (Å²) in [7, 11) is 2.94. The summed E-state index contributed by atoms with van der Waals surface area (Å²) in [6.07, 6.45) is -0.237. The van der Waals surface area contributed by atoms with Crippen LogP contribution in [0.1, 0.15) is 40.4 Å². The molecule has 1 aliphatic carbocycles. The van der Waals surface area contributed by atoms with E-state index in [1.165, 1.54) is 26.4 Å². The first-order chi connectivity index (χ1) is 15.1. The highest BCUT2D eigenvalue weighted by molar-refractivity contribution is 5.25. The van der Waals surface area contributed by atoms with Crippen LogP contribution in [0.3, 0.4) is 0 Å². The molecule has 0 N–H and O–H groups in total. The van der Waals surface area contributed by atoms with Gasteiger partial charge in [-0.25, -0.2) is 4.68 Å². The average Bonchev–Trinajstić information content (AvgIpc) is 3.40. The molecule has 0 aromatic carbocycles. The van der Waals surface area contributed by atoms with Crippen molar-refractivity contribution in [1.82, 2.24) is 24.5 Å². The number of hydrogen-bond donors (Lipinski definition) is 0. The lowest BCUT2D eigenvalue weighted by Gasteiger charge is -2.10. The van der Waals surface area contributed by atoms with Crippen LogP contribution in [0, 0.1) is 12.8 Å². The number of ether oxygens (including phenoxy) is 1. The van der Waals surface area contributed by atoms with Crippen LogP contribution >= 0.6 is 0 Å². The SMILES string of the molecule is Cc1ccc([C@H]2C[C@@H]2COc2cc(CCc3cn(C)nc3C(F)(F)F)c(=O)n(C)n2)nc1. The Bertz CT molecular complexity index is 1170. The second-order valence-electron chi connectivity index (χ2n) is 8.28. The molecule has 0 amide bonds. The molecule has 32 heavy (non-hydrogen) atoms. The molecule has 170 valence electrons. The molecule has 0 aliphatic heterocycles. The third kappa shape index (κ3) is 4.84. The molecule has 0 spiro atoms. The number of hydrogen-bond acceptors (Lipinski definition) is 5. The maximum absolute atomic E-state index is 13.2. The van der Waals surface area contributed by atoms with Crippen molar-refractivity contribution in [3.05, 3.63) is 69.0 Å². The molecule has 0 unspecified atom stereocenters. The normalized spacial score (nSPS) is 18.1. The van der Waals surface area contributed by atoms with Gasteiger partial charge >= 0.3 is 6.18 Å². The predicted octanol–water partition coefficient (Wildman–Crippen LogP) is 3.20. The third-order valence-corrected chi connectivity index (χ3v) is 5.63. The zero-order valence-electron chi connectivity index (χ0n) is 18.1. The second kappa shape index (κ2) is 8.40. The monoisotopic (exact) mass is 447 g/mol. The van der Waals surface area contributed by atoms with Crippen molar-refractivity contribution in [2.75, 3.05) is 6.61 Å². The molecular formula is C22H24F3N5O2. The Morgan fingerprint density at radius 2 is 1.91 bits per heavy atom. The topological polar surface area (TPSA) is 74.8 Å². The van der Waals surface area contributed by atoms with Gasteiger partial charge in [0.15, 0.2) is 5.69 Å². The molecule has 4 rings (SSSR count). The van der Waals surface area contributed by atoms with E-state index in [2.05, 4.69) is 15.2 Å². The molecule has 7 nitrogen and oxygen atoms in total. The molecule has 0 bridgehead atoms. The molecule has 1 saturated carbocycles. The molecule has 3 aromatic rings. The highest BCUT2D eigenvalue weighted by atomic mass is 19.4. The molecule has 2 atom stereocenters. The van der Waals surface area contributed by atoms with Crippen LogP contribution in [0.4, 0.5) is 13.2 Å². The van der Waals surface area contributed by atoms with E-state index >= 15 is 0 Å². The lowest BCUT2D eigenvalue weighted by Crippen LogP contribution is -2.24. The fourth-order valence-corrected chi connectivity index (χ4v) is 3.80. The number of aryl methyl sites for hydroxylation is 5. The predicted molar refractivity (Wildman–Crippen MR) is 110 cm³/mol. The van der Waals surface area contributed by atoms with E-state index in [-0.39, 0.29) is 29.8 Å². The van der Waals surface area contributed by atoms with Gasteiger partial charge in [0.2, 0.25) is 5.88 Å². The molecule has 0 radical (unpaired) electrons. The van der Waals surface area contributed by atoms with Crippen molar-refractivity contribution in [2.24, 2.45) is 20.0 Å². The summed E-state index contributed by atoms with van der Waals surface area (Å²) in [4.78, 5) is 16.9. The van der Waals surface area contributed by atoms with Gasteiger partial charge in [-0.05, 0) is 37.8 Å². The summed E-state index contributed by atoms with van der Waals surface area (Å²) in [6, 6.07) is 5.58. The number of nitrogens with zero attached hydrogens (tertiary/aromatic N) is 5. The summed E-state index contributed by atoms with van der Waals surface area (Å²) in [5, 5.41) is 7.64. The van der Waals surface area contributed by atoms with Gasteiger partial charge in [0.25, 0.3) is 5.56 Å². The van der Waals surface area contributed by atoms with Gasteiger partial charge in [0, 0.05) is 61.2 Å². The zero-order chi connectivity index (χ0) is 23.0. The molecule has 10 heteroatoms. The van der Waals surface area contributed by atoms with Crippen molar-refractivity contribution in [3.63, 3.8) is 0 Å². The van der Waals surface area contributed by atoms with Crippen LogP contribution in [-0.2, 0) is 33.1 Å². The van der Waals surface area contributed by atoms with Crippen LogP contribution in [0.5, 0.6) is 5.88 Å². The summed E-state index contributed by atoms with van der Waals surface area (Å²) < 4.78 is 47.6. The Kier molecular flexibility index (Phi) is 5.79. The van der Waals surface area contributed by atoms with Crippen molar-refractivity contribution in [2.45, 2.75) is 38.3 Å². The maximum atomic E-state index is 13.2. The minimum absolute atomic E-state index is 0.0329. The van der Waals surface area contributed by atoms with Crippen molar-refractivity contribution < 1.29 is 17.9 Å². The first kappa shape index (κ1) is 22.0. The number of alkyl halides is 3. The summed E-state index contributed by atoms with van der Waals surface area (Å²) in [5.74, 6) is 0.943. The minimum atomic E-state index is -4.54. The van der Waals surface area contributed by atoms with Crippen LogP contribution in [-0.4, -0.2) is 31.2 Å². The van der Waals surface area contributed by atoms with Crippen LogP contribution in [0.15, 0.2) is 35.4 Å². The van der Waals surface area contributed by atoms with Crippen LogP contribution in [0.2, 0.25) is 0 Å². The smallest absolute Gasteiger partial charge is 0.435 e. The second-order valence-corrected chi connectivity index (χ2v) is 8.28. The van der Waals surface area contributed by atoms with E-state index in [0.29, 0.717) is 24.0 Å². The van der Waals surface area contributed by atoms with E-state index in [0.717, 1.165) is 27.0 Å². The van der Waals surface area contributed by atoms with Gasteiger partial charge < -0.3 is 4.74 Å². The summed E-state index contributed by atoms with van der Waals surface area (Å²) >= 11 is 0. The van der Waals surface area contributed by atoms with E-state index in [1.54, 1.807) is 0 Å². The van der Waals surface area contributed by atoms with Gasteiger partial charge in [0.05, 0.1) is 6.61 Å². The quantitative estimate of drug-likeness (QED) is 0.556. The maximum Gasteiger partial charge on any atom is 0.435 e. The highest BCUT2D eigenvalue weighted by Gasteiger charge is 2.40. The Balaban J connectivity index is 1.41. The fraction of sp³-hybridized carbons (Fsp3) is 0.455. The first-order valence-corrected chi connectivity index (χ1v) is 10.3. The van der Waals surface area contributed by atoms with E-state index in [9.17, 15) is 18.0 Å². The van der Waals surface area contributed by atoms with Crippen molar-refractivity contribution in [3.8, 4) is 5.88 Å². The van der Waals surface area contributed by atoms with E-state index in [1.807, 2.05) is 25.3 Å². The van der Waals surface area contributed by atoms with Gasteiger partial charge in [-0.3, -0.25) is 14.5 Å². The summed E-state index contributed by atoms with van der Waals surface area (Å²) in [6.45, 7) is 2.43. The molecule has 3 aromatic heterocycles. The van der Waals surface area contributed by atoms with Crippen LogP contribution < -0.4 is 10.3 Å². The Labute approximate surface area is 182 Å². The lowest BCUT2D eigenvalue weighted by molar-refractivity contribution is -0.142. The van der Waals surface area contributed by atoms with E-state index < -0.39 is 11.9 Å². The first-order valence-electron chi connectivity index (χ1n) is 10.3. The molecule has 3 heterocycles. The van der Waals surface area contributed by atoms with Gasteiger partial charge in [-0.2, -0.15) is 18.3 Å². The summed E-state index contributed by atoms with van der Waals surface area (Å²) in [5.41, 5.74) is 1.26. The van der Waals surface area contributed by atoms with Gasteiger partial charge in [-0.15, -0.1) is 5.10 Å². The molecular weight excluding hydrogens is 423 g/mol. The van der Waals surface area contributed by atoms with Crippen LogP contribution in [0.25, 0.3) is 0 Å². The average molecular weight is 447 g/mol. The number of aromatic nitrogens is 5. The largest absolute Gasteiger partial charge is 0.476 e. The number of halogens is 3. The third-order valence-electron chi connectivity index (χ3n) is 5.63. The molecule has 1 fully saturated rings. The minimum Gasteiger partial charge on any atom is -0.476 e. The fourth-order valence-electron chi connectivity index (χ4n) is 3.80. The standard InChI is InChI=1S/C22H24F3N5O2/c1-13-4-7-18(26-10-13)17-8-16(17)12-32-19-9-14(21(31)30(3)27-19)5-6-15-11-29(2)28-20(15)22(23,24)25/h4,7,9-11,16-17H,5-6,8,12H2,1-3H3/t16-,17+/m1/s1. The Hall–Kier alpha value is -3.17. The Morgan fingerprint density at radius 1 is 1.16 bits per heavy atom.